The number of benzene rings is 2. The van der Waals surface area contributed by atoms with Crippen molar-refractivity contribution in [1.82, 2.24) is 0 Å². The van der Waals surface area contributed by atoms with E-state index >= 15 is 0 Å². The van der Waals surface area contributed by atoms with Crippen LogP contribution in [0.3, 0.4) is 0 Å². The summed E-state index contributed by atoms with van der Waals surface area (Å²) in [5.74, 6) is -1.05. The maximum Gasteiger partial charge on any atom is 0.417 e. The van der Waals surface area contributed by atoms with Crippen molar-refractivity contribution < 1.29 is 27.5 Å². The van der Waals surface area contributed by atoms with Crippen LogP contribution in [0.1, 0.15) is 5.56 Å². The van der Waals surface area contributed by atoms with Crippen molar-refractivity contribution >= 4 is 43.3 Å². The Hall–Kier alpha value is -2.57. The first kappa shape index (κ1) is 20.2. The number of allylic oxidation sites excluding steroid dienone is 2. The molecule has 0 fully saturated rings. The summed E-state index contributed by atoms with van der Waals surface area (Å²) in [6.45, 7) is 0. The second-order valence-corrected chi connectivity index (χ2v) is 6.83. The minimum absolute atomic E-state index is 0.0118. The van der Waals surface area contributed by atoms with Gasteiger partial charge in [-0.05, 0) is 36.4 Å². The zero-order valence-corrected chi connectivity index (χ0v) is 15.8. The second-order valence-electron chi connectivity index (χ2n) is 5.80. The van der Waals surface area contributed by atoms with E-state index in [-0.39, 0.29) is 28.0 Å². The molecule has 0 spiro atoms. The van der Waals surface area contributed by atoms with Crippen molar-refractivity contribution in [1.29, 1.82) is 0 Å². The Morgan fingerprint density at radius 3 is 2.25 bits per heavy atom. The highest BCUT2D eigenvalue weighted by atomic mass is 35.5. The molecule has 3 N–H and O–H groups in total. The Morgan fingerprint density at radius 1 is 1.04 bits per heavy atom. The Bertz CT molecular complexity index is 1030. The summed E-state index contributed by atoms with van der Waals surface area (Å²) < 4.78 is 52.4. The molecule has 0 aliphatic heterocycles. The average molecular weight is 431 g/mol. The first-order valence-corrected chi connectivity index (χ1v) is 8.67. The van der Waals surface area contributed by atoms with Gasteiger partial charge in [0.1, 0.15) is 11.5 Å². The van der Waals surface area contributed by atoms with E-state index in [9.17, 15) is 27.5 Å². The second kappa shape index (κ2) is 7.45. The van der Waals surface area contributed by atoms with Crippen molar-refractivity contribution in [2.24, 2.45) is 0 Å². The van der Waals surface area contributed by atoms with Crippen molar-refractivity contribution in [3.63, 3.8) is 0 Å². The fraction of sp³-hybridized carbons (Fsp3) is 0.0556. The van der Waals surface area contributed by atoms with Gasteiger partial charge in [0.2, 0.25) is 5.78 Å². The normalized spacial score (nSPS) is 15.6. The average Bonchev–Trinajstić information content (AvgIpc) is 2.62. The number of anilines is 2. The monoisotopic (exact) mass is 430 g/mol. The van der Waals surface area contributed by atoms with Gasteiger partial charge in [0.15, 0.2) is 0 Å². The van der Waals surface area contributed by atoms with Gasteiger partial charge in [-0.3, -0.25) is 4.79 Å². The molecule has 2 aromatic carbocycles. The van der Waals surface area contributed by atoms with Gasteiger partial charge < -0.3 is 15.7 Å². The van der Waals surface area contributed by atoms with Gasteiger partial charge in [-0.1, -0.05) is 11.6 Å². The molecule has 28 heavy (non-hydrogen) atoms. The maximum absolute atomic E-state index is 13.4. The molecule has 0 bridgehead atoms. The van der Waals surface area contributed by atoms with Crippen LogP contribution in [0.5, 0.6) is 0 Å². The van der Waals surface area contributed by atoms with Crippen LogP contribution in [0, 0.1) is 5.82 Å². The van der Waals surface area contributed by atoms with Crippen LogP contribution in [0.25, 0.3) is 0 Å². The summed E-state index contributed by atoms with van der Waals surface area (Å²) in [5, 5.41) is 14.5. The highest BCUT2D eigenvalue weighted by molar-refractivity contribution is 7.27. The van der Waals surface area contributed by atoms with Crippen molar-refractivity contribution in [3.05, 3.63) is 76.0 Å². The number of hydrogen-bond acceptors (Lipinski definition) is 4. The molecule has 0 saturated carbocycles. The SMILES string of the molecule is O=C1C(=CO)C(Nc2ccc(F)c(P)c2)=C1Nc1ccc(Cl)c(C(F)(F)F)c1. The van der Waals surface area contributed by atoms with Gasteiger partial charge in [0.05, 0.1) is 28.1 Å². The molecule has 1 aliphatic carbocycles. The van der Waals surface area contributed by atoms with Gasteiger partial charge in [-0.25, -0.2) is 4.39 Å². The number of halogens is 5. The van der Waals surface area contributed by atoms with E-state index in [2.05, 4.69) is 19.9 Å². The number of ketones is 1. The molecular weight excluding hydrogens is 419 g/mol. The summed E-state index contributed by atoms with van der Waals surface area (Å²) in [4.78, 5) is 12.2. The minimum atomic E-state index is -4.66. The van der Waals surface area contributed by atoms with Crippen LogP contribution in [0.15, 0.2) is 59.6 Å². The maximum atomic E-state index is 13.4. The zero-order chi connectivity index (χ0) is 20.6. The third-order valence-electron chi connectivity index (χ3n) is 3.93. The number of aliphatic hydroxyl groups is 1. The smallest absolute Gasteiger partial charge is 0.417 e. The van der Waals surface area contributed by atoms with Gasteiger partial charge >= 0.3 is 6.18 Å². The van der Waals surface area contributed by atoms with E-state index in [1.807, 2.05) is 0 Å². The number of nitrogens with one attached hydrogen (secondary N) is 2. The molecule has 0 amide bonds. The van der Waals surface area contributed by atoms with E-state index in [4.69, 9.17) is 11.6 Å². The lowest BCUT2D eigenvalue weighted by atomic mass is 9.92. The van der Waals surface area contributed by atoms with Crippen molar-refractivity contribution in [2.75, 3.05) is 10.6 Å². The molecular formula is C18H12ClF4N2O2P. The summed E-state index contributed by atoms with van der Waals surface area (Å²) in [6.07, 6.45) is -4.07. The molecule has 1 aliphatic rings. The van der Waals surface area contributed by atoms with Gasteiger partial charge in [-0.15, -0.1) is 9.24 Å². The summed E-state index contributed by atoms with van der Waals surface area (Å²) in [5.41, 5.74) is -0.605. The fourth-order valence-corrected chi connectivity index (χ4v) is 3.04. The van der Waals surface area contributed by atoms with E-state index in [0.29, 0.717) is 11.9 Å². The predicted octanol–water partition coefficient (Wildman–Crippen LogP) is 4.76. The van der Waals surface area contributed by atoms with Crippen LogP contribution < -0.4 is 15.9 Å². The Morgan fingerprint density at radius 2 is 1.64 bits per heavy atom. The largest absolute Gasteiger partial charge is 0.515 e. The van der Waals surface area contributed by atoms with Crippen LogP contribution in [0.2, 0.25) is 5.02 Å². The molecule has 0 heterocycles. The third kappa shape index (κ3) is 3.84. The highest BCUT2D eigenvalue weighted by Gasteiger charge is 2.36. The molecule has 3 rings (SSSR count). The van der Waals surface area contributed by atoms with Crippen LogP contribution in [0.4, 0.5) is 28.9 Å². The standard InChI is InChI=1S/C18H12ClF4N2O2P/c19-12-3-1-8(5-11(12)18(21,22)23)25-16-15(10(7-26)17(16)27)24-9-2-4-13(20)14(28)6-9/h1-7,24-26H,28H2. The quantitative estimate of drug-likeness (QED) is 0.283. The molecule has 146 valence electrons. The summed E-state index contributed by atoms with van der Waals surface area (Å²) in [7, 11) is 2.21. The van der Waals surface area contributed by atoms with Crippen LogP contribution in [-0.2, 0) is 11.0 Å². The van der Waals surface area contributed by atoms with Gasteiger partial charge in [0, 0.05) is 16.7 Å². The number of alkyl halides is 3. The Balaban J connectivity index is 1.95. The lowest BCUT2D eigenvalue weighted by molar-refractivity contribution is -0.137. The zero-order valence-electron chi connectivity index (χ0n) is 13.9. The Kier molecular flexibility index (Phi) is 5.37. The highest BCUT2D eigenvalue weighted by Crippen LogP contribution is 2.38. The van der Waals surface area contributed by atoms with Gasteiger partial charge in [0.25, 0.3) is 0 Å². The van der Waals surface area contributed by atoms with E-state index in [1.54, 1.807) is 0 Å². The molecule has 2 aromatic rings. The van der Waals surface area contributed by atoms with Crippen LogP contribution >= 0.6 is 20.8 Å². The number of carbonyl (C=O) groups excluding carboxylic acids is 1. The van der Waals surface area contributed by atoms with E-state index in [0.717, 1.165) is 12.1 Å². The molecule has 0 radical (unpaired) electrons. The number of aliphatic hydroxyl groups excluding tert-OH is 1. The molecule has 0 aromatic heterocycles. The van der Waals surface area contributed by atoms with E-state index in [1.165, 1.54) is 24.3 Å². The lowest BCUT2D eigenvalue weighted by Crippen LogP contribution is -2.31. The Labute approximate surface area is 164 Å². The lowest BCUT2D eigenvalue weighted by Gasteiger charge is -2.27. The molecule has 4 nitrogen and oxygen atoms in total. The molecule has 1 unspecified atom stereocenters. The molecule has 10 heteroatoms. The third-order valence-corrected chi connectivity index (χ3v) is 4.70. The summed E-state index contributed by atoms with van der Waals surface area (Å²) >= 11 is 5.59. The first-order chi connectivity index (χ1) is 13.1. The van der Waals surface area contributed by atoms with Crippen molar-refractivity contribution in [2.45, 2.75) is 6.18 Å². The predicted molar refractivity (Wildman–Crippen MR) is 102 cm³/mol. The fourth-order valence-electron chi connectivity index (χ4n) is 2.54. The number of rotatable bonds is 4. The van der Waals surface area contributed by atoms with Crippen molar-refractivity contribution in [3.8, 4) is 0 Å². The summed E-state index contributed by atoms with van der Waals surface area (Å²) in [6, 6.07) is 7.19. The van der Waals surface area contributed by atoms with Crippen LogP contribution in [-0.4, -0.2) is 10.9 Å². The topological polar surface area (TPSA) is 61.4 Å². The van der Waals surface area contributed by atoms with E-state index < -0.39 is 28.4 Å². The molecule has 0 saturated heterocycles. The number of Topliss-reactive ketones (excluding diaryl/α,β-unsaturated/α-hetero) is 1. The number of hydrogen-bond donors (Lipinski definition) is 3. The minimum Gasteiger partial charge on any atom is -0.515 e. The number of carbonyl (C=O) groups is 1. The van der Waals surface area contributed by atoms with Gasteiger partial charge in [-0.2, -0.15) is 13.2 Å². The molecule has 1 atom stereocenters. The first-order valence-electron chi connectivity index (χ1n) is 7.71.